The number of ether oxygens (including phenoxy) is 2. The molecule has 1 aromatic heterocycles. The van der Waals surface area contributed by atoms with E-state index in [4.69, 9.17) is 25.5 Å². The first-order chi connectivity index (χ1) is 16.0. The van der Waals surface area contributed by atoms with E-state index in [-0.39, 0.29) is 22.4 Å². The van der Waals surface area contributed by atoms with E-state index >= 15 is 0 Å². The zero-order valence-electron chi connectivity index (χ0n) is 17.8. The van der Waals surface area contributed by atoms with Gasteiger partial charge in [-0.15, -0.1) is 0 Å². The third-order valence-corrected chi connectivity index (χ3v) is 5.14. The van der Waals surface area contributed by atoms with Crippen molar-refractivity contribution in [3.8, 4) is 17.2 Å². The Morgan fingerprint density at radius 3 is 2.47 bits per heavy atom. The minimum Gasteiger partial charge on any atom is -0.449 e. The van der Waals surface area contributed by atoms with Gasteiger partial charge in [0.2, 0.25) is 11.2 Å². The monoisotopic (exact) mass is 488 g/mol. The second-order valence-corrected chi connectivity index (χ2v) is 7.95. The molecular weight excluding hydrogens is 473 g/mol. The summed E-state index contributed by atoms with van der Waals surface area (Å²) in [4.78, 5) is 25.3. The predicted octanol–water partition coefficient (Wildman–Crippen LogP) is 7.09. The van der Waals surface area contributed by atoms with Gasteiger partial charge in [-0.25, -0.2) is 4.79 Å². The lowest BCUT2D eigenvalue weighted by molar-refractivity contribution is -0.154. The number of fused-ring (bicyclic) bond motifs is 1. The number of halogens is 4. The van der Waals surface area contributed by atoms with E-state index < -0.39 is 34.7 Å². The molecule has 174 valence electrons. The van der Waals surface area contributed by atoms with Crippen molar-refractivity contribution < 1.29 is 31.9 Å². The molecule has 5 nitrogen and oxygen atoms in total. The molecule has 0 atom stereocenters. The first-order valence-electron chi connectivity index (χ1n) is 9.94. The van der Waals surface area contributed by atoms with Crippen LogP contribution in [0.1, 0.15) is 27.2 Å². The van der Waals surface area contributed by atoms with E-state index in [9.17, 15) is 22.8 Å². The van der Waals surface area contributed by atoms with Gasteiger partial charge in [0.05, 0.1) is 10.9 Å². The number of benzene rings is 3. The Labute approximate surface area is 196 Å². The lowest BCUT2D eigenvalue weighted by Crippen LogP contribution is -2.16. The number of carbonyl (C=O) groups is 1. The molecule has 9 heteroatoms. The molecule has 1 heterocycles. The molecule has 0 aliphatic carbocycles. The average molecular weight is 489 g/mol. The molecule has 4 rings (SSSR count). The van der Waals surface area contributed by atoms with E-state index in [0.29, 0.717) is 10.6 Å². The third-order valence-electron chi connectivity index (χ3n) is 4.91. The summed E-state index contributed by atoms with van der Waals surface area (Å²) in [5, 5.41) is 0.140. The Kier molecular flexibility index (Phi) is 6.10. The molecule has 0 saturated heterocycles. The smallest absolute Gasteiger partial charge is 0.449 e. The molecule has 34 heavy (non-hydrogen) atoms. The van der Waals surface area contributed by atoms with Crippen LogP contribution in [-0.2, 0) is 6.18 Å². The van der Waals surface area contributed by atoms with Crippen LogP contribution in [0.3, 0.4) is 0 Å². The fourth-order valence-corrected chi connectivity index (χ4v) is 3.40. The fourth-order valence-electron chi connectivity index (χ4n) is 3.21. The van der Waals surface area contributed by atoms with Gasteiger partial charge in [-0.2, -0.15) is 13.2 Å². The molecule has 0 radical (unpaired) electrons. The van der Waals surface area contributed by atoms with Gasteiger partial charge in [-0.3, -0.25) is 4.79 Å². The van der Waals surface area contributed by atoms with Gasteiger partial charge in [-0.05, 0) is 61.4 Å². The van der Waals surface area contributed by atoms with Crippen molar-refractivity contribution in [1.29, 1.82) is 0 Å². The van der Waals surface area contributed by atoms with Crippen molar-refractivity contribution in [2.75, 3.05) is 0 Å². The van der Waals surface area contributed by atoms with Crippen molar-refractivity contribution in [3.63, 3.8) is 0 Å². The summed E-state index contributed by atoms with van der Waals surface area (Å²) >= 11 is 5.86. The summed E-state index contributed by atoms with van der Waals surface area (Å²) in [6.07, 6.45) is -5.02. The maximum absolute atomic E-state index is 13.8. The summed E-state index contributed by atoms with van der Waals surface area (Å²) in [6.45, 7) is 3.39. The van der Waals surface area contributed by atoms with Gasteiger partial charge in [-0.1, -0.05) is 29.8 Å². The van der Waals surface area contributed by atoms with Crippen LogP contribution in [0.4, 0.5) is 13.2 Å². The molecule has 0 bridgehead atoms. The largest absolute Gasteiger partial charge is 0.453 e. The number of carbonyl (C=O) groups excluding carboxylic acids is 1. The molecule has 0 N–H and O–H groups in total. The maximum Gasteiger partial charge on any atom is 0.453 e. The Balaban J connectivity index is 1.78. The van der Waals surface area contributed by atoms with E-state index in [1.54, 1.807) is 38.1 Å². The Morgan fingerprint density at radius 1 is 1.00 bits per heavy atom. The number of rotatable bonds is 4. The fraction of sp³-hybridized carbons (Fsp3) is 0.120. The van der Waals surface area contributed by atoms with Crippen molar-refractivity contribution in [2.24, 2.45) is 0 Å². The Morgan fingerprint density at radius 2 is 1.76 bits per heavy atom. The molecule has 0 fully saturated rings. The summed E-state index contributed by atoms with van der Waals surface area (Å²) in [5.74, 6) is -3.36. The average Bonchev–Trinajstić information content (AvgIpc) is 2.77. The Bertz CT molecular complexity index is 1470. The van der Waals surface area contributed by atoms with Crippen LogP contribution in [0, 0.1) is 13.8 Å². The number of esters is 1. The zero-order chi connectivity index (χ0) is 24.6. The number of alkyl halides is 3. The topological polar surface area (TPSA) is 65.7 Å². The summed E-state index contributed by atoms with van der Waals surface area (Å²) in [5.41, 5.74) is -0.00136. The Hall–Kier alpha value is -3.78. The van der Waals surface area contributed by atoms with Crippen LogP contribution >= 0.6 is 11.6 Å². The highest BCUT2D eigenvalue weighted by Crippen LogP contribution is 2.39. The highest BCUT2D eigenvalue weighted by molar-refractivity contribution is 6.30. The van der Waals surface area contributed by atoms with Crippen LogP contribution in [-0.4, -0.2) is 5.97 Å². The summed E-state index contributed by atoms with van der Waals surface area (Å²) < 4.78 is 57.1. The SMILES string of the molecule is Cc1ccc(C)c(Oc2c(C(F)(F)F)oc3cc(OC(=O)c4cccc(Cl)c4)ccc3c2=O)c1. The molecule has 3 aromatic carbocycles. The molecule has 0 spiro atoms. The maximum atomic E-state index is 13.8. The van der Waals surface area contributed by atoms with Crippen LogP contribution in [0.5, 0.6) is 17.2 Å². The predicted molar refractivity (Wildman–Crippen MR) is 120 cm³/mol. The number of hydrogen-bond acceptors (Lipinski definition) is 5. The quantitative estimate of drug-likeness (QED) is 0.226. The van der Waals surface area contributed by atoms with Crippen molar-refractivity contribution in [3.05, 3.63) is 98.4 Å². The lowest BCUT2D eigenvalue weighted by Gasteiger charge is -2.15. The minimum absolute atomic E-state index is 0.101. The second kappa shape index (κ2) is 8.87. The van der Waals surface area contributed by atoms with Crippen molar-refractivity contribution in [1.82, 2.24) is 0 Å². The molecule has 0 aliphatic rings. The van der Waals surface area contributed by atoms with Crippen LogP contribution < -0.4 is 14.9 Å². The van der Waals surface area contributed by atoms with E-state index in [1.165, 1.54) is 30.3 Å². The van der Waals surface area contributed by atoms with Crippen molar-refractivity contribution >= 4 is 28.5 Å². The highest BCUT2D eigenvalue weighted by atomic mass is 35.5. The highest BCUT2D eigenvalue weighted by Gasteiger charge is 2.40. The van der Waals surface area contributed by atoms with Crippen LogP contribution in [0.2, 0.25) is 5.02 Å². The van der Waals surface area contributed by atoms with E-state index in [0.717, 1.165) is 11.6 Å². The van der Waals surface area contributed by atoms with Crippen LogP contribution in [0.15, 0.2) is 69.9 Å². The van der Waals surface area contributed by atoms with Gasteiger partial charge in [0.1, 0.15) is 17.1 Å². The van der Waals surface area contributed by atoms with Gasteiger partial charge in [0.15, 0.2) is 0 Å². The van der Waals surface area contributed by atoms with E-state index in [1.807, 2.05) is 0 Å². The molecule has 0 aliphatic heterocycles. The van der Waals surface area contributed by atoms with Gasteiger partial charge < -0.3 is 13.9 Å². The first kappa shape index (κ1) is 23.4. The van der Waals surface area contributed by atoms with Gasteiger partial charge in [0, 0.05) is 11.1 Å². The summed E-state index contributed by atoms with van der Waals surface area (Å²) in [7, 11) is 0. The third kappa shape index (κ3) is 4.77. The minimum atomic E-state index is -5.02. The van der Waals surface area contributed by atoms with Crippen molar-refractivity contribution in [2.45, 2.75) is 20.0 Å². The molecule has 0 saturated carbocycles. The summed E-state index contributed by atoms with van der Waals surface area (Å²) in [6, 6.07) is 14.4. The molecule has 0 amide bonds. The first-order valence-corrected chi connectivity index (χ1v) is 10.3. The lowest BCUT2D eigenvalue weighted by atomic mass is 10.1. The molecule has 0 unspecified atom stereocenters. The zero-order valence-corrected chi connectivity index (χ0v) is 18.6. The second-order valence-electron chi connectivity index (χ2n) is 7.52. The number of aryl methyl sites for hydroxylation is 2. The normalized spacial score (nSPS) is 11.5. The number of hydrogen-bond donors (Lipinski definition) is 0. The molecule has 4 aromatic rings. The molecular formula is C25H16ClF3O5. The van der Waals surface area contributed by atoms with Crippen LogP contribution in [0.25, 0.3) is 11.0 Å². The standard InChI is InChI=1S/C25H16ClF3O5/c1-13-6-7-14(2)19(10-13)33-22-21(30)18-9-8-17(12-20(18)34-23(22)25(27,28)29)32-24(31)15-4-3-5-16(26)11-15/h3-12H,1-2H3. The van der Waals surface area contributed by atoms with E-state index in [2.05, 4.69) is 0 Å². The van der Waals surface area contributed by atoms with Gasteiger partial charge in [0.25, 0.3) is 5.76 Å². The van der Waals surface area contributed by atoms with Gasteiger partial charge >= 0.3 is 12.1 Å².